The van der Waals surface area contributed by atoms with Gasteiger partial charge in [-0.15, -0.1) is 0 Å². The van der Waals surface area contributed by atoms with Crippen molar-refractivity contribution in [2.75, 3.05) is 0 Å². The van der Waals surface area contributed by atoms with E-state index in [4.69, 9.17) is 5.73 Å². The molecule has 0 amide bonds. The molecule has 1 aromatic rings. The molecule has 1 aromatic carbocycles. The molecule has 2 aliphatic carbocycles. The van der Waals surface area contributed by atoms with Crippen LogP contribution < -0.4 is 5.73 Å². The van der Waals surface area contributed by atoms with Crippen molar-refractivity contribution >= 4 is 0 Å². The Morgan fingerprint density at radius 3 is 2.37 bits per heavy atom. The van der Waals surface area contributed by atoms with Crippen LogP contribution in [0.3, 0.4) is 0 Å². The molecule has 1 nitrogen and oxygen atoms in total. The van der Waals surface area contributed by atoms with Crippen molar-refractivity contribution in [2.24, 2.45) is 23.5 Å². The summed E-state index contributed by atoms with van der Waals surface area (Å²) >= 11 is 0. The van der Waals surface area contributed by atoms with Gasteiger partial charge in [-0.25, -0.2) is 0 Å². The molecule has 0 radical (unpaired) electrons. The van der Waals surface area contributed by atoms with Crippen LogP contribution in [0.15, 0.2) is 24.3 Å². The van der Waals surface area contributed by atoms with E-state index in [-0.39, 0.29) is 0 Å². The summed E-state index contributed by atoms with van der Waals surface area (Å²) in [6, 6.07) is 9.48. The van der Waals surface area contributed by atoms with Crippen molar-refractivity contribution < 1.29 is 0 Å². The third kappa shape index (κ3) is 2.72. The molecule has 2 aliphatic rings. The van der Waals surface area contributed by atoms with Crippen LogP contribution >= 0.6 is 0 Å². The summed E-state index contributed by atoms with van der Waals surface area (Å²) in [7, 11) is 0. The molecule has 19 heavy (non-hydrogen) atoms. The lowest BCUT2D eigenvalue weighted by atomic mass is 9.81. The van der Waals surface area contributed by atoms with E-state index in [0.717, 1.165) is 24.2 Å². The lowest BCUT2D eigenvalue weighted by Crippen LogP contribution is -2.35. The molecule has 104 valence electrons. The van der Waals surface area contributed by atoms with Gasteiger partial charge in [0, 0.05) is 6.04 Å². The molecule has 4 atom stereocenters. The quantitative estimate of drug-likeness (QED) is 0.863. The zero-order valence-corrected chi connectivity index (χ0v) is 12.3. The fraction of sp³-hybridized carbons (Fsp3) is 0.667. The summed E-state index contributed by atoms with van der Waals surface area (Å²) in [5.41, 5.74) is 9.34. The van der Waals surface area contributed by atoms with Crippen molar-refractivity contribution in [1.82, 2.24) is 0 Å². The van der Waals surface area contributed by atoms with E-state index in [1.165, 1.54) is 36.8 Å². The van der Waals surface area contributed by atoms with Gasteiger partial charge in [0.25, 0.3) is 0 Å². The largest absolute Gasteiger partial charge is 0.327 e. The highest BCUT2D eigenvalue weighted by molar-refractivity contribution is 5.25. The maximum atomic E-state index is 6.50. The lowest BCUT2D eigenvalue weighted by molar-refractivity contribution is 0.280. The Morgan fingerprint density at radius 1 is 1.11 bits per heavy atom. The highest BCUT2D eigenvalue weighted by Crippen LogP contribution is 2.49. The molecule has 2 bridgehead atoms. The first kappa shape index (κ1) is 13.2. The molecule has 3 rings (SSSR count). The minimum atomic E-state index is 0.375. The third-order valence-corrected chi connectivity index (χ3v) is 5.46. The van der Waals surface area contributed by atoms with Gasteiger partial charge in [-0.3, -0.25) is 0 Å². The van der Waals surface area contributed by atoms with Crippen LogP contribution in [0.1, 0.15) is 56.6 Å². The van der Waals surface area contributed by atoms with Gasteiger partial charge >= 0.3 is 0 Å². The summed E-state index contributed by atoms with van der Waals surface area (Å²) < 4.78 is 0. The van der Waals surface area contributed by atoms with Crippen molar-refractivity contribution in [1.29, 1.82) is 0 Å². The topological polar surface area (TPSA) is 26.0 Å². The Morgan fingerprint density at radius 2 is 1.84 bits per heavy atom. The van der Waals surface area contributed by atoms with E-state index in [1.807, 2.05) is 0 Å². The summed E-state index contributed by atoms with van der Waals surface area (Å²) in [6.07, 6.45) is 6.83. The molecule has 0 saturated heterocycles. The standard InChI is InChI=1S/C18H27N/c1-12(2)15-6-3-13(4-7-15)11-18(19)17-10-14-5-8-16(17)9-14/h3-4,6-7,12,14,16-18H,5,8-11,19H2,1-2H3. The molecule has 2 N–H and O–H groups in total. The maximum absolute atomic E-state index is 6.50. The molecule has 1 heteroatoms. The Balaban J connectivity index is 1.61. The number of benzene rings is 1. The van der Waals surface area contributed by atoms with Crippen LogP contribution in [0.2, 0.25) is 0 Å². The van der Waals surface area contributed by atoms with Gasteiger partial charge in [-0.1, -0.05) is 44.5 Å². The minimum absolute atomic E-state index is 0.375. The van der Waals surface area contributed by atoms with Gasteiger partial charge in [0.15, 0.2) is 0 Å². The van der Waals surface area contributed by atoms with Crippen molar-refractivity contribution in [2.45, 2.75) is 57.9 Å². The van der Waals surface area contributed by atoms with Crippen LogP contribution in [-0.2, 0) is 6.42 Å². The van der Waals surface area contributed by atoms with Gasteiger partial charge in [0.1, 0.15) is 0 Å². The van der Waals surface area contributed by atoms with Crippen LogP contribution in [0.5, 0.6) is 0 Å². The fourth-order valence-electron chi connectivity index (χ4n) is 4.28. The van der Waals surface area contributed by atoms with Crippen molar-refractivity contribution in [3.8, 4) is 0 Å². The molecule has 2 fully saturated rings. The number of hydrogen-bond donors (Lipinski definition) is 1. The second kappa shape index (κ2) is 5.28. The first-order chi connectivity index (χ1) is 9.13. The molecule has 4 unspecified atom stereocenters. The summed E-state index contributed by atoms with van der Waals surface area (Å²) in [5, 5.41) is 0. The predicted octanol–water partition coefficient (Wildman–Crippen LogP) is 4.12. The fourth-order valence-corrected chi connectivity index (χ4v) is 4.28. The Kier molecular flexibility index (Phi) is 3.66. The van der Waals surface area contributed by atoms with E-state index < -0.39 is 0 Å². The SMILES string of the molecule is CC(C)c1ccc(CC(N)C2CC3CCC2C3)cc1. The summed E-state index contributed by atoms with van der Waals surface area (Å²) in [6.45, 7) is 4.49. The van der Waals surface area contributed by atoms with Crippen LogP contribution in [0.4, 0.5) is 0 Å². The average Bonchev–Trinajstić information content (AvgIpc) is 3.01. The van der Waals surface area contributed by atoms with E-state index in [1.54, 1.807) is 0 Å². The van der Waals surface area contributed by atoms with E-state index in [0.29, 0.717) is 12.0 Å². The van der Waals surface area contributed by atoms with Crippen LogP contribution in [0, 0.1) is 17.8 Å². The zero-order valence-electron chi connectivity index (χ0n) is 12.3. The Labute approximate surface area is 117 Å². The molecule has 0 aliphatic heterocycles. The third-order valence-electron chi connectivity index (χ3n) is 5.46. The molecule has 2 saturated carbocycles. The van der Waals surface area contributed by atoms with Gasteiger partial charge in [-0.05, 0) is 60.5 Å². The monoisotopic (exact) mass is 257 g/mol. The number of hydrogen-bond acceptors (Lipinski definition) is 1. The lowest BCUT2D eigenvalue weighted by Gasteiger charge is -2.27. The zero-order chi connectivity index (χ0) is 13.4. The smallest absolute Gasteiger partial charge is 0.0110 e. The second-order valence-corrected chi connectivity index (χ2v) is 7.10. The van der Waals surface area contributed by atoms with Gasteiger partial charge in [0.05, 0.1) is 0 Å². The van der Waals surface area contributed by atoms with E-state index in [2.05, 4.69) is 38.1 Å². The molecule has 0 spiro atoms. The molecule has 0 heterocycles. The molecular weight excluding hydrogens is 230 g/mol. The molecular formula is C18H27N. The highest BCUT2D eigenvalue weighted by atomic mass is 14.7. The highest BCUT2D eigenvalue weighted by Gasteiger charge is 2.41. The predicted molar refractivity (Wildman–Crippen MR) is 81.1 cm³/mol. The minimum Gasteiger partial charge on any atom is -0.327 e. The van der Waals surface area contributed by atoms with Crippen LogP contribution in [0.25, 0.3) is 0 Å². The maximum Gasteiger partial charge on any atom is 0.0110 e. The van der Waals surface area contributed by atoms with Gasteiger partial charge < -0.3 is 5.73 Å². The van der Waals surface area contributed by atoms with Crippen LogP contribution in [-0.4, -0.2) is 6.04 Å². The second-order valence-electron chi connectivity index (χ2n) is 7.10. The first-order valence-electron chi connectivity index (χ1n) is 7.98. The van der Waals surface area contributed by atoms with Crippen molar-refractivity contribution in [3.05, 3.63) is 35.4 Å². The number of rotatable bonds is 4. The van der Waals surface area contributed by atoms with Gasteiger partial charge in [0.2, 0.25) is 0 Å². The molecule has 0 aromatic heterocycles. The normalized spacial score (nSPS) is 31.1. The average molecular weight is 257 g/mol. The first-order valence-corrected chi connectivity index (χ1v) is 7.98. The van der Waals surface area contributed by atoms with E-state index in [9.17, 15) is 0 Å². The van der Waals surface area contributed by atoms with Crippen molar-refractivity contribution in [3.63, 3.8) is 0 Å². The number of nitrogens with two attached hydrogens (primary N) is 1. The number of fused-ring (bicyclic) bond motifs is 2. The Bertz CT molecular complexity index is 420. The summed E-state index contributed by atoms with van der Waals surface area (Å²) in [5.74, 6) is 3.36. The summed E-state index contributed by atoms with van der Waals surface area (Å²) in [4.78, 5) is 0. The van der Waals surface area contributed by atoms with E-state index >= 15 is 0 Å². The van der Waals surface area contributed by atoms with Gasteiger partial charge in [-0.2, -0.15) is 0 Å². The Hall–Kier alpha value is -0.820.